The Bertz CT molecular complexity index is 89.8. The number of unbranched alkanes of at least 4 members (excludes halogenated alkanes) is 1. The van der Waals surface area contributed by atoms with Crippen molar-refractivity contribution in [3.63, 3.8) is 0 Å². The van der Waals surface area contributed by atoms with Crippen LogP contribution >= 0.6 is 24.4 Å². The predicted molar refractivity (Wildman–Crippen MR) is 48.4 cm³/mol. The number of hydrogen-bond donors (Lipinski definition) is 1. The van der Waals surface area contributed by atoms with E-state index < -0.39 is 0 Å². The second-order valence-corrected chi connectivity index (χ2v) is 2.45. The molecule has 0 bridgehead atoms. The van der Waals surface area contributed by atoms with Crippen LogP contribution in [-0.2, 0) is 4.79 Å². The van der Waals surface area contributed by atoms with Crippen LogP contribution in [0.1, 0.15) is 26.2 Å². The summed E-state index contributed by atoms with van der Waals surface area (Å²) in [6.07, 6.45) is 4.59. The van der Waals surface area contributed by atoms with Gasteiger partial charge in [0, 0.05) is 12.7 Å². The summed E-state index contributed by atoms with van der Waals surface area (Å²) in [5, 5.41) is 0. The Balaban J connectivity index is 0. The highest BCUT2D eigenvalue weighted by molar-refractivity contribution is 7.97. The Hall–Kier alpha value is 0.110. The summed E-state index contributed by atoms with van der Waals surface area (Å²) in [5.41, 5.74) is 0. The van der Waals surface area contributed by atoms with E-state index in [2.05, 4.69) is 11.6 Å². The average Bonchev–Trinajstić information content (AvgIpc) is 1.85. The van der Waals surface area contributed by atoms with E-state index in [1.807, 2.05) is 6.26 Å². The molecule has 0 aliphatic heterocycles. The zero-order valence-corrected chi connectivity index (χ0v) is 7.98. The summed E-state index contributed by atoms with van der Waals surface area (Å²) in [6, 6.07) is 0. The minimum atomic E-state index is 0. The first kappa shape index (κ1) is 12.8. The van der Waals surface area contributed by atoms with Crippen LogP contribution in [0.2, 0.25) is 0 Å². The number of nitrogens with one attached hydrogen (secondary N) is 1. The van der Waals surface area contributed by atoms with Gasteiger partial charge in [-0.1, -0.05) is 25.3 Å². The molecule has 0 heterocycles. The minimum absolute atomic E-state index is 0. The molecule has 2 nitrogen and oxygen atoms in total. The number of halogens is 1. The fourth-order valence-corrected chi connectivity index (χ4v) is 0.832. The molecule has 4 heteroatoms. The Morgan fingerprint density at radius 3 is 2.60 bits per heavy atom. The lowest BCUT2D eigenvalue weighted by Gasteiger charge is -1.97. The molecule has 10 heavy (non-hydrogen) atoms. The molecule has 0 unspecified atom stereocenters. The van der Waals surface area contributed by atoms with Crippen molar-refractivity contribution in [3.05, 3.63) is 0 Å². The van der Waals surface area contributed by atoms with Crippen molar-refractivity contribution >= 4 is 30.3 Å². The van der Waals surface area contributed by atoms with Gasteiger partial charge in [-0.05, 0) is 6.42 Å². The van der Waals surface area contributed by atoms with E-state index in [1.54, 1.807) is 0 Å². The summed E-state index contributed by atoms with van der Waals surface area (Å²) in [7, 11) is 0. The molecule has 0 aromatic rings. The minimum Gasteiger partial charge on any atom is -0.300 e. The lowest BCUT2D eigenvalue weighted by Crippen LogP contribution is -2.13. The monoisotopic (exact) mass is 183 g/mol. The SMILES string of the molecule is CCCCC(=O)NSC.Cl. The highest BCUT2D eigenvalue weighted by atomic mass is 35.5. The van der Waals surface area contributed by atoms with Crippen molar-refractivity contribution in [3.8, 4) is 0 Å². The van der Waals surface area contributed by atoms with Gasteiger partial charge in [0.2, 0.25) is 5.91 Å². The largest absolute Gasteiger partial charge is 0.300 e. The zero-order chi connectivity index (χ0) is 7.11. The second-order valence-electron chi connectivity index (χ2n) is 1.83. The van der Waals surface area contributed by atoms with Gasteiger partial charge in [0.25, 0.3) is 0 Å². The van der Waals surface area contributed by atoms with E-state index in [0.29, 0.717) is 6.42 Å². The molecule has 0 aromatic heterocycles. The van der Waals surface area contributed by atoms with Gasteiger partial charge in [0.15, 0.2) is 0 Å². The summed E-state index contributed by atoms with van der Waals surface area (Å²) in [5.74, 6) is 0.143. The number of carbonyl (C=O) groups excluding carboxylic acids is 1. The maximum Gasteiger partial charge on any atom is 0.229 e. The highest BCUT2D eigenvalue weighted by Crippen LogP contribution is 1.94. The lowest BCUT2D eigenvalue weighted by atomic mass is 10.2. The first-order valence-corrected chi connectivity index (χ1v) is 4.35. The molecule has 0 spiro atoms. The molecule has 0 rings (SSSR count). The molecule has 0 radical (unpaired) electrons. The van der Waals surface area contributed by atoms with Crippen LogP contribution in [0.15, 0.2) is 0 Å². The molecule has 0 saturated heterocycles. The molecular formula is C6H14ClNOS. The van der Waals surface area contributed by atoms with Gasteiger partial charge in [-0.15, -0.1) is 12.4 Å². The number of carbonyl (C=O) groups is 1. The van der Waals surface area contributed by atoms with E-state index in [0.717, 1.165) is 12.8 Å². The predicted octanol–water partition coefficient (Wildman–Crippen LogP) is 1.99. The summed E-state index contributed by atoms with van der Waals surface area (Å²) < 4.78 is 2.66. The van der Waals surface area contributed by atoms with Crippen molar-refractivity contribution in [1.29, 1.82) is 0 Å². The average molecular weight is 184 g/mol. The number of hydrogen-bond acceptors (Lipinski definition) is 2. The van der Waals surface area contributed by atoms with Crippen molar-refractivity contribution < 1.29 is 4.79 Å². The van der Waals surface area contributed by atoms with Gasteiger partial charge < -0.3 is 4.72 Å². The molecule has 0 saturated carbocycles. The first-order valence-electron chi connectivity index (χ1n) is 3.13. The third kappa shape index (κ3) is 8.11. The molecule has 62 valence electrons. The van der Waals surface area contributed by atoms with Crippen LogP contribution in [0.5, 0.6) is 0 Å². The van der Waals surface area contributed by atoms with Crippen LogP contribution in [-0.4, -0.2) is 12.2 Å². The molecule has 0 aliphatic carbocycles. The van der Waals surface area contributed by atoms with E-state index >= 15 is 0 Å². The van der Waals surface area contributed by atoms with Gasteiger partial charge in [0.05, 0.1) is 0 Å². The maximum absolute atomic E-state index is 10.7. The van der Waals surface area contributed by atoms with E-state index in [-0.39, 0.29) is 18.3 Å². The van der Waals surface area contributed by atoms with Crippen LogP contribution in [0.3, 0.4) is 0 Å². The van der Waals surface area contributed by atoms with Crippen molar-refractivity contribution in [1.82, 2.24) is 4.72 Å². The van der Waals surface area contributed by atoms with Crippen LogP contribution in [0, 0.1) is 0 Å². The summed E-state index contributed by atoms with van der Waals surface area (Å²) in [6.45, 7) is 2.08. The summed E-state index contributed by atoms with van der Waals surface area (Å²) in [4.78, 5) is 10.7. The van der Waals surface area contributed by atoms with Crippen molar-refractivity contribution in [2.45, 2.75) is 26.2 Å². The molecule has 1 amide bonds. The summed E-state index contributed by atoms with van der Waals surface area (Å²) >= 11 is 1.36. The van der Waals surface area contributed by atoms with Crippen LogP contribution < -0.4 is 4.72 Å². The Labute approximate surface area is 72.7 Å². The molecule has 0 aliphatic rings. The standard InChI is InChI=1S/C6H13NOS.ClH/c1-3-4-5-6(8)7-9-2;/h3-5H2,1-2H3,(H,7,8);1H. The van der Waals surface area contributed by atoms with E-state index in [1.165, 1.54) is 11.9 Å². The quantitative estimate of drug-likeness (QED) is 0.676. The number of amides is 1. The maximum atomic E-state index is 10.7. The van der Waals surface area contributed by atoms with E-state index in [9.17, 15) is 4.79 Å². The fourth-order valence-electron chi connectivity index (χ4n) is 0.502. The van der Waals surface area contributed by atoms with Gasteiger partial charge >= 0.3 is 0 Å². The highest BCUT2D eigenvalue weighted by Gasteiger charge is 1.95. The Morgan fingerprint density at radius 1 is 1.60 bits per heavy atom. The molecule has 0 atom stereocenters. The second kappa shape index (κ2) is 9.11. The topological polar surface area (TPSA) is 29.1 Å². The third-order valence-electron chi connectivity index (χ3n) is 0.973. The van der Waals surface area contributed by atoms with E-state index in [4.69, 9.17) is 0 Å². The van der Waals surface area contributed by atoms with Crippen molar-refractivity contribution in [2.24, 2.45) is 0 Å². The Morgan fingerprint density at radius 2 is 2.20 bits per heavy atom. The third-order valence-corrected chi connectivity index (χ3v) is 1.41. The fraction of sp³-hybridized carbons (Fsp3) is 0.833. The smallest absolute Gasteiger partial charge is 0.229 e. The zero-order valence-electron chi connectivity index (χ0n) is 6.35. The van der Waals surface area contributed by atoms with Gasteiger partial charge in [-0.2, -0.15) is 0 Å². The van der Waals surface area contributed by atoms with Crippen molar-refractivity contribution in [2.75, 3.05) is 6.26 Å². The van der Waals surface area contributed by atoms with Crippen LogP contribution in [0.25, 0.3) is 0 Å². The lowest BCUT2D eigenvalue weighted by molar-refractivity contribution is -0.119. The Kier molecular flexibility index (Phi) is 11.6. The number of rotatable bonds is 4. The normalized spacial score (nSPS) is 8.20. The molecule has 0 aromatic carbocycles. The first-order chi connectivity index (χ1) is 4.31. The van der Waals surface area contributed by atoms with Gasteiger partial charge in [0.1, 0.15) is 0 Å². The van der Waals surface area contributed by atoms with Crippen LogP contribution in [0.4, 0.5) is 0 Å². The van der Waals surface area contributed by atoms with Gasteiger partial charge in [-0.25, -0.2) is 0 Å². The molecule has 0 fully saturated rings. The van der Waals surface area contributed by atoms with Gasteiger partial charge in [-0.3, -0.25) is 4.79 Å². The molecule has 1 N–H and O–H groups in total. The molecular weight excluding hydrogens is 170 g/mol.